The normalized spacial score (nSPS) is 26.5. The molecule has 0 aromatic rings. The van der Waals surface area contributed by atoms with Crippen molar-refractivity contribution < 1.29 is 10.0 Å². The summed E-state index contributed by atoms with van der Waals surface area (Å²) in [4.78, 5) is 12.4. The molecule has 2 aliphatic rings. The number of amides is 1. The number of hydrogen-bond acceptors (Lipinski definition) is 3. The van der Waals surface area contributed by atoms with E-state index < -0.39 is 5.41 Å². The lowest BCUT2D eigenvalue weighted by molar-refractivity contribution is -0.132. The lowest BCUT2D eigenvalue weighted by Gasteiger charge is -2.41. The van der Waals surface area contributed by atoms with Gasteiger partial charge in [-0.25, -0.2) is 0 Å². The molecule has 1 amide bonds. The van der Waals surface area contributed by atoms with Crippen molar-refractivity contribution in [2.45, 2.75) is 64.8 Å². The van der Waals surface area contributed by atoms with Crippen LogP contribution < -0.4 is 11.1 Å². The fraction of sp³-hybridized carbons (Fsp3) is 0.857. The Labute approximate surface area is 114 Å². The van der Waals surface area contributed by atoms with E-state index in [1.165, 1.54) is 0 Å². The molecule has 0 unspecified atom stereocenters. The summed E-state index contributed by atoms with van der Waals surface area (Å²) in [5, 5.41) is 15.0. The molecule has 2 fully saturated rings. The van der Waals surface area contributed by atoms with Crippen molar-refractivity contribution in [3.8, 4) is 0 Å². The molecule has 2 aliphatic carbocycles. The monoisotopic (exact) mass is 267 g/mol. The van der Waals surface area contributed by atoms with Gasteiger partial charge in [-0.3, -0.25) is 4.79 Å². The summed E-state index contributed by atoms with van der Waals surface area (Å²) in [6.07, 6.45) is 6.64. The predicted octanol–water partition coefficient (Wildman–Crippen LogP) is 1.99. The molecular formula is C14H25N3O2. The van der Waals surface area contributed by atoms with Gasteiger partial charge < -0.3 is 16.3 Å². The summed E-state index contributed by atoms with van der Waals surface area (Å²) < 4.78 is 0. The molecule has 2 rings (SSSR count). The molecule has 19 heavy (non-hydrogen) atoms. The van der Waals surface area contributed by atoms with E-state index in [1.54, 1.807) is 0 Å². The number of carbonyl (C=O) groups is 1. The summed E-state index contributed by atoms with van der Waals surface area (Å²) in [7, 11) is 0. The molecule has 108 valence electrons. The number of oxime groups is 1. The average Bonchev–Trinajstić information content (AvgIpc) is 2.30. The number of rotatable bonds is 3. The fourth-order valence-corrected chi connectivity index (χ4v) is 3.09. The van der Waals surface area contributed by atoms with E-state index in [9.17, 15) is 4.79 Å². The number of amidine groups is 1. The average molecular weight is 267 g/mol. The fourth-order valence-electron chi connectivity index (χ4n) is 3.09. The highest BCUT2D eigenvalue weighted by atomic mass is 16.4. The van der Waals surface area contributed by atoms with Gasteiger partial charge in [0.2, 0.25) is 5.91 Å². The quantitative estimate of drug-likeness (QED) is 0.316. The molecule has 0 aromatic heterocycles. The van der Waals surface area contributed by atoms with Crippen LogP contribution in [0.3, 0.4) is 0 Å². The van der Waals surface area contributed by atoms with Crippen molar-refractivity contribution >= 4 is 11.7 Å². The Morgan fingerprint density at radius 1 is 1.26 bits per heavy atom. The van der Waals surface area contributed by atoms with Crippen molar-refractivity contribution in [1.82, 2.24) is 5.32 Å². The van der Waals surface area contributed by atoms with Crippen molar-refractivity contribution in [2.75, 3.05) is 0 Å². The van der Waals surface area contributed by atoms with Gasteiger partial charge in [0.05, 0.1) is 0 Å². The zero-order valence-electron chi connectivity index (χ0n) is 11.9. The third kappa shape index (κ3) is 2.69. The van der Waals surface area contributed by atoms with Gasteiger partial charge in [-0.2, -0.15) is 0 Å². The highest BCUT2D eigenvalue weighted by molar-refractivity contribution is 6.07. The maximum atomic E-state index is 12.4. The third-order valence-electron chi connectivity index (χ3n) is 4.91. The Balaban J connectivity index is 1.94. The van der Waals surface area contributed by atoms with Gasteiger partial charge in [0, 0.05) is 6.04 Å². The SMILES string of the molecule is CC1(C)CCC(NC(=O)C2(C(N)=NO)CCC2)CC1. The Morgan fingerprint density at radius 2 is 1.84 bits per heavy atom. The third-order valence-corrected chi connectivity index (χ3v) is 4.91. The smallest absolute Gasteiger partial charge is 0.234 e. The van der Waals surface area contributed by atoms with Gasteiger partial charge in [-0.05, 0) is 43.9 Å². The van der Waals surface area contributed by atoms with Gasteiger partial charge in [-0.1, -0.05) is 25.4 Å². The second kappa shape index (κ2) is 5.02. The van der Waals surface area contributed by atoms with E-state index in [0.29, 0.717) is 18.3 Å². The minimum atomic E-state index is -0.748. The van der Waals surface area contributed by atoms with E-state index in [-0.39, 0.29) is 17.8 Å². The van der Waals surface area contributed by atoms with Gasteiger partial charge in [0.1, 0.15) is 5.41 Å². The standard InChI is InChI=1S/C14H25N3O2/c1-13(2)8-4-10(5-9-13)16-12(18)14(6-3-7-14)11(15)17-19/h10,19H,3-9H2,1-2H3,(H2,15,17)(H,16,18). The van der Waals surface area contributed by atoms with Crippen LogP contribution in [0, 0.1) is 10.8 Å². The van der Waals surface area contributed by atoms with Crippen molar-refractivity contribution in [2.24, 2.45) is 21.7 Å². The molecule has 0 bridgehead atoms. The van der Waals surface area contributed by atoms with Crippen LogP contribution in [0.15, 0.2) is 5.16 Å². The minimum Gasteiger partial charge on any atom is -0.409 e. The van der Waals surface area contributed by atoms with Gasteiger partial charge in [0.15, 0.2) is 5.84 Å². The predicted molar refractivity (Wildman–Crippen MR) is 73.9 cm³/mol. The number of hydrogen-bond donors (Lipinski definition) is 3. The second-order valence-corrected chi connectivity index (χ2v) is 6.83. The molecular weight excluding hydrogens is 242 g/mol. The molecule has 0 heterocycles. The van der Waals surface area contributed by atoms with Gasteiger partial charge >= 0.3 is 0 Å². The first-order chi connectivity index (χ1) is 8.89. The van der Waals surface area contributed by atoms with E-state index in [1.807, 2.05) is 0 Å². The van der Waals surface area contributed by atoms with E-state index in [4.69, 9.17) is 10.9 Å². The highest BCUT2D eigenvalue weighted by Crippen LogP contribution is 2.42. The first kappa shape index (κ1) is 14.2. The lowest BCUT2D eigenvalue weighted by atomic mass is 9.66. The number of carbonyl (C=O) groups excluding carboxylic acids is 1. The molecule has 0 aliphatic heterocycles. The molecule has 5 heteroatoms. The van der Waals surface area contributed by atoms with Crippen molar-refractivity contribution in [3.05, 3.63) is 0 Å². The molecule has 5 nitrogen and oxygen atoms in total. The maximum absolute atomic E-state index is 12.4. The van der Waals surface area contributed by atoms with E-state index in [0.717, 1.165) is 32.1 Å². The van der Waals surface area contributed by atoms with Crippen LogP contribution in [0.5, 0.6) is 0 Å². The van der Waals surface area contributed by atoms with Crippen LogP contribution in [-0.4, -0.2) is 23.0 Å². The van der Waals surface area contributed by atoms with Crippen molar-refractivity contribution in [3.63, 3.8) is 0 Å². The molecule has 0 atom stereocenters. The topological polar surface area (TPSA) is 87.7 Å². The maximum Gasteiger partial charge on any atom is 0.234 e. The molecule has 0 radical (unpaired) electrons. The minimum absolute atomic E-state index is 0.0567. The van der Waals surface area contributed by atoms with Gasteiger partial charge in [0.25, 0.3) is 0 Å². The van der Waals surface area contributed by atoms with Crippen LogP contribution >= 0.6 is 0 Å². The zero-order valence-corrected chi connectivity index (χ0v) is 11.9. The van der Waals surface area contributed by atoms with Crippen molar-refractivity contribution in [1.29, 1.82) is 0 Å². The Hall–Kier alpha value is -1.26. The van der Waals surface area contributed by atoms with E-state index in [2.05, 4.69) is 24.3 Å². The summed E-state index contributed by atoms with van der Waals surface area (Å²) in [6, 6.07) is 0.240. The first-order valence-electron chi connectivity index (χ1n) is 7.19. The van der Waals surface area contributed by atoms with Crippen LogP contribution in [0.25, 0.3) is 0 Å². The van der Waals surface area contributed by atoms with Crippen LogP contribution in [0.4, 0.5) is 0 Å². The van der Waals surface area contributed by atoms with Crippen LogP contribution in [-0.2, 0) is 4.79 Å². The molecule has 0 aromatic carbocycles. The largest absolute Gasteiger partial charge is 0.409 e. The Kier molecular flexibility index (Phi) is 3.74. The number of nitrogens with two attached hydrogens (primary N) is 1. The van der Waals surface area contributed by atoms with Crippen LogP contribution in [0.1, 0.15) is 58.8 Å². The lowest BCUT2D eigenvalue weighted by Crippen LogP contribution is -2.56. The molecule has 0 saturated heterocycles. The Bertz CT molecular complexity index is 376. The summed E-state index contributed by atoms with van der Waals surface area (Å²) in [6.45, 7) is 4.55. The first-order valence-corrected chi connectivity index (χ1v) is 7.19. The summed E-state index contributed by atoms with van der Waals surface area (Å²) in [5.74, 6) is 0.00569. The number of nitrogens with zero attached hydrogens (tertiary/aromatic N) is 1. The zero-order chi connectivity index (χ0) is 14.1. The van der Waals surface area contributed by atoms with Gasteiger partial charge in [-0.15, -0.1) is 0 Å². The number of nitrogens with one attached hydrogen (secondary N) is 1. The van der Waals surface area contributed by atoms with E-state index >= 15 is 0 Å². The molecule has 2 saturated carbocycles. The second-order valence-electron chi connectivity index (χ2n) is 6.83. The summed E-state index contributed by atoms with van der Waals surface area (Å²) in [5.41, 5.74) is 5.34. The highest BCUT2D eigenvalue weighted by Gasteiger charge is 2.49. The summed E-state index contributed by atoms with van der Waals surface area (Å²) >= 11 is 0. The molecule has 0 spiro atoms. The van der Waals surface area contributed by atoms with Crippen LogP contribution in [0.2, 0.25) is 0 Å². The Morgan fingerprint density at radius 3 is 2.26 bits per heavy atom. The molecule has 4 N–H and O–H groups in total.